The van der Waals surface area contributed by atoms with Crippen molar-refractivity contribution in [3.05, 3.63) is 35.9 Å². The van der Waals surface area contributed by atoms with Gasteiger partial charge in [0.1, 0.15) is 11.4 Å². The van der Waals surface area contributed by atoms with Crippen molar-refractivity contribution in [3.63, 3.8) is 0 Å². The van der Waals surface area contributed by atoms with Crippen molar-refractivity contribution in [2.45, 2.75) is 58.1 Å². The van der Waals surface area contributed by atoms with Crippen LogP contribution in [0, 0.1) is 5.92 Å². The second-order valence-electron chi connectivity index (χ2n) is 10.0. The van der Waals surface area contributed by atoms with E-state index in [0.29, 0.717) is 26.2 Å². The van der Waals surface area contributed by atoms with Crippen LogP contribution in [0.2, 0.25) is 0 Å². The zero-order chi connectivity index (χ0) is 24.7. The monoisotopic (exact) mass is 471 g/mol. The van der Waals surface area contributed by atoms with Gasteiger partial charge in [-0.3, -0.25) is 9.59 Å². The summed E-state index contributed by atoms with van der Waals surface area (Å²) in [5, 5.41) is 3.12. The Morgan fingerprint density at radius 1 is 1.00 bits per heavy atom. The highest BCUT2D eigenvalue weighted by atomic mass is 16.6. The summed E-state index contributed by atoms with van der Waals surface area (Å²) in [7, 11) is 1.62. The van der Waals surface area contributed by atoms with Crippen molar-refractivity contribution in [2.24, 2.45) is 5.92 Å². The van der Waals surface area contributed by atoms with Gasteiger partial charge in [-0.2, -0.15) is 0 Å². The molecule has 2 aliphatic rings. The first-order valence-electron chi connectivity index (χ1n) is 12.0. The molecule has 0 radical (unpaired) electrons. The second kappa shape index (κ2) is 11.4. The molecule has 0 bridgehead atoms. The normalized spacial score (nSPS) is 21.3. The minimum absolute atomic E-state index is 0.0543. The van der Waals surface area contributed by atoms with Crippen LogP contribution in [0.1, 0.15) is 52.0 Å². The molecular formula is C26H37N3O5. The van der Waals surface area contributed by atoms with E-state index < -0.39 is 5.60 Å². The molecule has 1 N–H and O–H groups in total. The number of ether oxygens (including phenoxy) is 2. The van der Waals surface area contributed by atoms with Crippen LogP contribution >= 0.6 is 0 Å². The van der Waals surface area contributed by atoms with Crippen LogP contribution < -0.4 is 10.1 Å². The van der Waals surface area contributed by atoms with E-state index in [1.165, 1.54) is 0 Å². The zero-order valence-electron chi connectivity index (χ0n) is 20.7. The van der Waals surface area contributed by atoms with Crippen LogP contribution in [0.3, 0.4) is 0 Å². The van der Waals surface area contributed by atoms with E-state index in [1.54, 1.807) is 29.1 Å². The van der Waals surface area contributed by atoms with Crippen LogP contribution in [-0.2, 0) is 14.3 Å². The molecule has 0 saturated carbocycles. The third-order valence-corrected chi connectivity index (χ3v) is 6.06. The van der Waals surface area contributed by atoms with E-state index in [2.05, 4.69) is 5.32 Å². The highest BCUT2D eigenvalue weighted by molar-refractivity contribution is 5.92. The molecular weight excluding hydrogens is 434 g/mol. The lowest BCUT2D eigenvalue weighted by Gasteiger charge is -2.36. The van der Waals surface area contributed by atoms with Gasteiger partial charge in [-0.1, -0.05) is 12.1 Å². The van der Waals surface area contributed by atoms with Crippen molar-refractivity contribution in [2.75, 3.05) is 33.3 Å². The summed E-state index contributed by atoms with van der Waals surface area (Å²) < 4.78 is 10.6. The van der Waals surface area contributed by atoms with Crippen molar-refractivity contribution in [1.82, 2.24) is 15.1 Å². The Morgan fingerprint density at radius 3 is 2.35 bits per heavy atom. The average molecular weight is 472 g/mol. The minimum Gasteiger partial charge on any atom is -0.497 e. The van der Waals surface area contributed by atoms with Crippen molar-refractivity contribution < 1.29 is 23.9 Å². The first-order valence-corrected chi connectivity index (χ1v) is 12.0. The van der Waals surface area contributed by atoms with Gasteiger partial charge in [-0.05, 0) is 70.2 Å². The summed E-state index contributed by atoms with van der Waals surface area (Å²) in [5.74, 6) is 0.387. The van der Waals surface area contributed by atoms with Gasteiger partial charge in [0.2, 0.25) is 11.8 Å². The van der Waals surface area contributed by atoms with E-state index in [1.807, 2.05) is 45.0 Å². The maximum Gasteiger partial charge on any atom is 0.410 e. The number of hydrogen-bond donors (Lipinski definition) is 1. The lowest BCUT2D eigenvalue weighted by Crippen LogP contribution is -2.53. The van der Waals surface area contributed by atoms with E-state index in [0.717, 1.165) is 37.0 Å². The van der Waals surface area contributed by atoms with Gasteiger partial charge in [-0.25, -0.2) is 4.79 Å². The van der Waals surface area contributed by atoms with Crippen LogP contribution in [0.15, 0.2) is 30.3 Å². The van der Waals surface area contributed by atoms with E-state index in [9.17, 15) is 14.4 Å². The fourth-order valence-electron chi connectivity index (χ4n) is 4.29. The highest BCUT2D eigenvalue weighted by Gasteiger charge is 2.32. The number of likely N-dealkylation sites (tertiary alicyclic amines) is 2. The summed E-state index contributed by atoms with van der Waals surface area (Å²) in [4.78, 5) is 41.5. The van der Waals surface area contributed by atoms with E-state index in [-0.39, 0.29) is 29.9 Å². The minimum atomic E-state index is -0.563. The number of carbonyl (C=O) groups excluding carboxylic acids is 3. The van der Waals surface area contributed by atoms with Gasteiger partial charge < -0.3 is 24.6 Å². The Labute approximate surface area is 202 Å². The molecule has 3 amide bonds. The average Bonchev–Trinajstić information content (AvgIpc) is 2.82. The van der Waals surface area contributed by atoms with Gasteiger partial charge in [0.25, 0.3) is 0 Å². The molecule has 1 aromatic rings. The number of nitrogens with one attached hydrogen (secondary N) is 1. The van der Waals surface area contributed by atoms with Crippen molar-refractivity contribution in [3.8, 4) is 5.75 Å². The number of amides is 3. The second-order valence-corrected chi connectivity index (χ2v) is 10.0. The summed E-state index contributed by atoms with van der Waals surface area (Å²) in [5.41, 5.74) is 0.356. The number of rotatable bonds is 5. The Kier molecular flexibility index (Phi) is 8.58. The van der Waals surface area contributed by atoms with Gasteiger partial charge in [-0.15, -0.1) is 0 Å². The number of methoxy groups -OCH3 is 1. The van der Waals surface area contributed by atoms with Crippen molar-refractivity contribution >= 4 is 24.0 Å². The summed E-state index contributed by atoms with van der Waals surface area (Å²) >= 11 is 0. The molecule has 2 fully saturated rings. The van der Waals surface area contributed by atoms with Crippen LogP contribution in [0.4, 0.5) is 4.79 Å². The topological polar surface area (TPSA) is 88.2 Å². The fraction of sp³-hybridized carbons (Fsp3) is 0.577. The third-order valence-electron chi connectivity index (χ3n) is 6.06. The maximum atomic E-state index is 12.9. The molecule has 2 atom stereocenters. The molecule has 0 aliphatic carbocycles. The Hall–Kier alpha value is -3.03. The lowest BCUT2D eigenvalue weighted by atomic mass is 9.96. The number of carbonyl (C=O) groups is 3. The molecule has 2 aliphatic heterocycles. The molecule has 0 spiro atoms. The molecule has 0 aromatic heterocycles. The predicted molar refractivity (Wildman–Crippen MR) is 130 cm³/mol. The van der Waals surface area contributed by atoms with Gasteiger partial charge in [0.05, 0.1) is 13.0 Å². The van der Waals surface area contributed by atoms with Gasteiger partial charge in [0, 0.05) is 38.3 Å². The van der Waals surface area contributed by atoms with Crippen molar-refractivity contribution in [1.29, 1.82) is 0 Å². The fourth-order valence-corrected chi connectivity index (χ4v) is 4.29. The number of piperidine rings is 2. The molecule has 2 saturated heterocycles. The smallest absolute Gasteiger partial charge is 0.410 e. The molecule has 3 rings (SSSR count). The number of nitrogens with zero attached hydrogens (tertiary/aromatic N) is 2. The van der Waals surface area contributed by atoms with Crippen LogP contribution in [0.25, 0.3) is 6.08 Å². The molecule has 1 aromatic carbocycles. The summed E-state index contributed by atoms with van der Waals surface area (Å²) in [6.45, 7) is 7.63. The third kappa shape index (κ3) is 7.50. The Balaban J connectivity index is 1.50. The number of hydrogen-bond acceptors (Lipinski definition) is 5. The first kappa shape index (κ1) is 25.6. The Bertz CT molecular complexity index is 891. The quantitative estimate of drug-likeness (QED) is 0.665. The van der Waals surface area contributed by atoms with Crippen LogP contribution in [0.5, 0.6) is 5.75 Å². The first-order chi connectivity index (χ1) is 16.1. The van der Waals surface area contributed by atoms with Gasteiger partial charge >= 0.3 is 6.09 Å². The molecule has 8 nitrogen and oxygen atoms in total. The summed E-state index contributed by atoms with van der Waals surface area (Å²) in [6.07, 6.45) is 6.17. The largest absolute Gasteiger partial charge is 0.497 e. The van der Waals surface area contributed by atoms with Crippen LogP contribution in [-0.4, -0.2) is 72.6 Å². The maximum absolute atomic E-state index is 12.9. The molecule has 34 heavy (non-hydrogen) atoms. The van der Waals surface area contributed by atoms with E-state index >= 15 is 0 Å². The molecule has 0 unspecified atom stereocenters. The SMILES string of the molecule is COc1ccc(/C=C/C(=O)N2CCC[C@H](NC(=O)[C@H]3CCCN(C(=O)OC(C)(C)C)C3)C2)cc1. The lowest BCUT2D eigenvalue weighted by molar-refractivity contribution is -0.131. The highest BCUT2D eigenvalue weighted by Crippen LogP contribution is 2.21. The van der Waals surface area contributed by atoms with Gasteiger partial charge in [0.15, 0.2) is 0 Å². The molecule has 2 heterocycles. The predicted octanol–water partition coefficient (Wildman–Crippen LogP) is 3.46. The Morgan fingerprint density at radius 2 is 1.68 bits per heavy atom. The number of benzene rings is 1. The molecule has 186 valence electrons. The summed E-state index contributed by atoms with van der Waals surface area (Å²) in [6, 6.07) is 7.41. The van der Waals surface area contributed by atoms with E-state index in [4.69, 9.17) is 9.47 Å². The molecule has 8 heteroatoms. The standard InChI is InChI=1S/C26H37N3O5/c1-26(2,3)34-25(32)29-16-5-7-20(17-29)24(31)27-21-8-6-15-28(18-21)23(30)14-11-19-9-12-22(33-4)13-10-19/h9-14,20-21H,5-8,15-18H2,1-4H3,(H,27,31)/b14-11+/t20-,21-/m0/s1. The zero-order valence-corrected chi connectivity index (χ0v) is 20.7.